The van der Waals surface area contributed by atoms with E-state index in [2.05, 4.69) is 160 Å². The summed E-state index contributed by atoms with van der Waals surface area (Å²) >= 11 is 0. The van der Waals surface area contributed by atoms with Crippen LogP contribution in [-0.2, 0) is 32.7 Å². The second-order valence-electron chi connectivity index (χ2n) is 22.4. The van der Waals surface area contributed by atoms with Crippen LogP contribution in [-0.4, -0.2) is 74.9 Å². The fourth-order valence-electron chi connectivity index (χ4n) is 8.43. The van der Waals surface area contributed by atoms with Crippen LogP contribution in [0.4, 0.5) is 0 Å². The highest BCUT2D eigenvalue weighted by atomic mass is 31.2. The Morgan fingerprint density at radius 2 is 0.659 bits per heavy atom. The second-order valence-corrected chi connectivity index (χ2v) is 23.8. The Kier molecular flexibility index (Phi) is 58.4. The number of unbranched alkanes of at least 4 members (excludes halogenated alkanes) is 20. The monoisotopic (exact) mass is 1160 g/mol. The van der Waals surface area contributed by atoms with Crippen LogP contribution in [0.3, 0.4) is 0 Å². The molecule has 0 spiro atoms. The average Bonchev–Trinajstić information content (AvgIpc) is 3.46. The van der Waals surface area contributed by atoms with Gasteiger partial charge in [-0.15, -0.1) is 0 Å². The van der Waals surface area contributed by atoms with Crippen LogP contribution < -0.4 is 0 Å². The molecule has 0 aromatic rings. The van der Waals surface area contributed by atoms with E-state index in [0.717, 1.165) is 109 Å². The van der Waals surface area contributed by atoms with Gasteiger partial charge in [-0.05, 0) is 116 Å². The Balaban J connectivity index is 4.10. The molecule has 2 atom stereocenters. The molecule has 0 aromatic heterocycles. The lowest BCUT2D eigenvalue weighted by molar-refractivity contribution is -0.870. The molecule has 0 radical (unpaired) electrons. The number of ether oxygens (including phenoxy) is 2. The van der Waals surface area contributed by atoms with Crippen molar-refractivity contribution in [2.75, 3.05) is 47.5 Å². The third kappa shape index (κ3) is 65.0. The number of nitrogens with zero attached hydrogens (tertiary/aromatic N) is 1. The van der Waals surface area contributed by atoms with Crippen LogP contribution in [0.5, 0.6) is 0 Å². The van der Waals surface area contributed by atoms with Crippen molar-refractivity contribution >= 4 is 19.8 Å². The van der Waals surface area contributed by atoms with E-state index in [9.17, 15) is 19.0 Å². The molecular formula is C72H121NO8P+. The fraction of sp³-hybridized carbons (Fsp3) is 0.639. The van der Waals surface area contributed by atoms with Gasteiger partial charge in [-0.25, -0.2) is 4.57 Å². The van der Waals surface area contributed by atoms with E-state index in [4.69, 9.17) is 18.5 Å². The Labute approximate surface area is 503 Å². The summed E-state index contributed by atoms with van der Waals surface area (Å²) in [5.41, 5.74) is 0. The maximum atomic E-state index is 12.9. The zero-order valence-electron chi connectivity index (χ0n) is 52.9. The Morgan fingerprint density at radius 1 is 0.378 bits per heavy atom. The van der Waals surface area contributed by atoms with Crippen molar-refractivity contribution in [1.29, 1.82) is 0 Å². The van der Waals surface area contributed by atoms with Gasteiger partial charge in [0.05, 0.1) is 27.7 Å². The Bertz CT molecular complexity index is 1890. The van der Waals surface area contributed by atoms with Crippen molar-refractivity contribution in [3.8, 4) is 0 Å². The van der Waals surface area contributed by atoms with Crippen molar-refractivity contribution in [3.63, 3.8) is 0 Å². The number of phosphoric ester groups is 1. The SMILES string of the molecule is CC/C=C\C/C=C\C/C=C\C/C=C\C/C=C\C/C=C\CCCCCCCCCCCCCCCCCCCCC(=O)OC(COC(=O)CCCC/C=C\C/C=C\C/C=C\C/C=C\C/C=C\C/C=C\CC)COP(=O)(O)OCC[N+](C)(C)C. The lowest BCUT2D eigenvalue weighted by atomic mass is 10.0. The predicted octanol–water partition coefficient (Wildman–Crippen LogP) is 21.0. The number of carbonyl (C=O) groups excluding carboxylic acids is 2. The standard InChI is InChI=1S/C72H120NO8P/c1-6-8-10-12-14-16-18-20-22-24-26-28-29-30-31-32-33-34-35-36-37-38-39-40-41-42-43-45-47-49-51-53-55-57-59-61-63-65-72(75)81-70(69-80-82(76,77)79-67-66-73(3,4)5)68-78-71(74)64-62-60-58-56-54-52-50-48-46-44-27-25-23-21-19-17-15-13-11-9-7-2/h8-11,14-17,20-23,26-28,30-31,33-34,44,48,50,54,56,70H,6-7,12-13,18-19,24-25,29,32,35-43,45-47,49,51-53,55,57-69H2,1-5H3/p+1/b10-8-,11-9-,16-14-,17-15-,22-20-,23-21-,28-26-,31-30-,34-33-,44-27-,50-48-,56-54-. The highest BCUT2D eigenvalue weighted by molar-refractivity contribution is 7.47. The third-order valence-electron chi connectivity index (χ3n) is 13.4. The van der Waals surface area contributed by atoms with Gasteiger partial charge in [0, 0.05) is 12.8 Å². The molecule has 0 saturated carbocycles. The summed E-state index contributed by atoms with van der Waals surface area (Å²) in [6.07, 6.45) is 90.9. The summed E-state index contributed by atoms with van der Waals surface area (Å²) < 4.78 is 34.6. The van der Waals surface area contributed by atoms with Gasteiger partial charge in [-0.3, -0.25) is 18.6 Å². The fourth-order valence-corrected chi connectivity index (χ4v) is 9.18. The number of hydrogen-bond donors (Lipinski definition) is 1. The van der Waals surface area contributed by atoms with Crippen LogP contribution in [0.25, 0.3) is 0 Å². The van der Waals surface area contributed by atoms with Gasteiger partial charge < -0.3 is 18.9 Å². The lowest BCUT2D eigenvalue weighted by Crippen LogP contribution is -2.37. The number of allylic oxidation sites excluding steroid dienone is 24. The van der Waals surface area contributed by atoms with Crippen molar-refractivity contribution in [3.05, 3.63) is 146 Å². The minimum absolute atomic E-state index is 0.0182. The average molecular weight is 1160 g/mol. The number of likely N-dealkylation sites (N-methyl/N-ethyl adjacent to an activating group) is 1. The molecule has 0 amide bonds. The highest BCUT2D eigenvalue weighted by Crippen LogP contribution is 2.43. The van der Waals surface area contributed by atoms with Crippen LogP contribution in [0.15, 0.2) is 146 Å². The number of rotatable bonds is 58. The number of hydrogen-bond acceptors (Lipinski definition) is 7. The Morgan fingerprint density at radius 3 is 1.00 bits per heavy atom. The first-order valence-corrected chi connectivity index (χ1v) is 34.1. The van der Waals surface area contributed by atoms with Gasteiger partial charge in [-0.2, -0.15) is 0 Å². The summed E-state index contributed by atoms with van der Waals surface area (Å²) in [5.74, 6) is -0.852. The molecule has 0 aliphatic heterocycles. The maximum absolute atomic E-state index is 12.9. The van der Waals surface area contributed by atoms with Crippen LogP contribution in [0, 0.1) is 0 Å². The van der Waals surface area contributed by atoms with Crippen molar-refractivity contribution in [2.45, 2.75) is 251 Å². The molecule has 0 fully saturated rings. The molecule has 0 aliphatic rings. The van der Waals surface area contributed by atoms with Crippen LogP contribution >= 0.6 is 7.82 Å². The summed E-state index contributed by atoms with van der Waals surface area (Å²) in [6.45, 7) is 4.15. The zero-order valence-corrected chi connectivity index (χ0v) is 53.8. The van der Waals surface area contributed by atoms with Crippen molar-refractivity contribution in [1.82, 2.24) is 0 Å². The maximum Gasteiger partial charge on any atom is 0.472 e. The van der Waals surface area contributed by atoms with Gasteiger partial charge in [0.1, 0.15) is 19.8 Å². The first-order valence-electron chi connectivity index (χ1n) is 32.6. The van der Waals surface area contributed by atoms with Gasteiger partial charge in [0.2, 0.25) is 0 Å². The van der Waals surface area contributed by atoms with Gasteiger partial charge in [-0.1, -0.05) is 262 Å². The van der Waals surface area contributed by atoms with E-state index in [-0.39, 0.29) is 26.1 Å². The van der Waals surface area contributed by atoms with Gasteiger partial charge >= 0.3 is 19.8 Å². The molecule has 0 saturated heterocycles. The van der Waals surface area contributed by atoms with Gasteiger partial charge in [0.25, 0.3) is 0 Å². The minimum atomic E-state index is -4.41. The third-order valence-corrected chi connectivity index (χ3v) is 14.3. The topological polar surface area (TPSA) is 108 Å². The molecule has 0 aromatic carbocycles. The molecule has 9 nitrogen and oxygen atoms in total. The quantitative estimate of drug-likeness (QED) is 0.0211. The van der Waals surface area contributed by atoms with E-state index in [1.54, 1.807) is 0 Å². The molecule has 466 valence electrons. The molecule has 0 rings (SSSR count). The number of phosphoric acid groups is 1. The highest BCUT2D eigenvalue weighted by Gasteiger charge is 2.27. The van der Waals surface area contributed by atoms with E-state index in [1.807, 2.05) is 21.1 Å². The van der Waals surface area contributed by atoms with E-state index < -0.39 is 32.5 Å². The summed E-state index contributed by atoms with van der Waals surface area (Å²) in [4.78, 5) is 35.8. The van der Waals surface area contributed by atoms with Gasteiger partial charge in [0.15, 0.2) is 6.10 Å². The molecule has 2 unspecified atom stereocenters. The lowest BCUT2D eigenvalue weighted by Gasteiger charge is -2.24. The number of quaternary nitrogens is 1. The molecule has 1 N–H and O–H groups in total. The minimum Gasteiger partial charge on any atom is -0.462 e. The first kappa shape index (κ1) is 77.9. The smallest absolute Gasteiger partial charge is 0.462 e. The normalized spacial score (nSPS) is 14.2. The summed E-state index contributed by atoms with van der Waals surface area (Å²) in [5, 5.41) is 0. The molecule has 82 heavy (non-hydrogen) atoms. The Hall–Kier alpha value is -4.11. The van der Waals surface area contributed by atoms with E-state index >= 15 is 0 Å². The molecule has 10 heteroatoms. The molecular weight excluding hydrogens is 1040 g/mol. The molecule has 0 aliphatic carbocycles. The largest absolute Gasteiger partial charge is 0.472 e. The van der Waals surface area contributed by atoms with Crippen molar-refractivity contribution < 1.29 is 42.1 Å². The van der Waals surface area contributed by atoms with Crippen LogP contribution in [0.2, 0.25) is 0 Å². The summed E-state index contributed by atoms with van der Waals surface area (Å²) in [7, 11) is 1.44. The number of esters is 2. The molecule has 0 bridgehead atoms. The van der Waals surface area contributed by atoms with E-state index in [1.165, 1.54) is 96.3 Å². The van der Waals surface area contributed by atoms with Crippen molar-refractivity contribution in [2.24, 2.45) is 0 Å². The second kappa shape index (κ2) is 61.5. The van der Waals surface area contributed by atoms with Crippen LogP contribution in [0.1, 0.15) is 245 Å². The number of carbonyl (C=O) groups is 2. The zero-order chi connectivity index (χ0) is 59.8. The van der Waals surface area contributed by atoms with E-state index in [0.29, 0.717) is 23.9 Å². The predicted molar refractivity (Wildman–Crippen MR) is 353 cm³/mol. The first-order chi connectivity index (χ1) is 40.0. The molecule has 0 heterocycles. The summed E-state index contributed by atoms with van der Waals surface area (Å²) in [6, 6.07) is 0.